The lowest BCUT2D eigenvalue weighted by Crippen LogP contribution is -2.22. The van der Waals surface area contributed by atoms with E-state index in [1.54, 1.807) is 17.7 Å². The van der Waals surface area contributed by atoms with E-state index in [0.29, 0.717) is 11.5 Å². The summed E-state index contributed by atoms with van der Waals surface area (Å²) in [5.41, 5.74) is -0.866. The molecule has 29 heavy (non-hydrogen) atoms. The monoisotopic (exact) mass is 406 g/mol. The number of esters is 1. The van der Waals surface area contributed by atoms with Gasteiger partial charge in [0.2, 0.25) is 5.95 Å². The summed E-state index contributed by atoms with van der Waals surface area (Å²) in [5, 5.41) is 10.3. The molecule has 2 aromatic rings. The predicted octanol–water partition coefficient (Wildman–Crippen LogP) is 2.63. The van der Waals surface area contributed by atoms with Gasteiger partial charge in [0.15, 0.2) is 0 Å². The second kappa shape index (κ2) is 5.19. The lowest BCUT2D eigenvalue weighted by molar-refractivity contribution is -0.139. The van der Waals surface area contributed by atoms with Crippen LogP contribution in [0, 0.1) is 11.8 Å². The Morgan fingerprint density at radius 3 is 2.69 bits per heavy atom. The first-order chi connectivity index (χ1) is 13.9. The molecule has 0 spiro atoms. The minimum atomic E-state index is -4.55. The highest BCUT2D eigenvalue weighted by Gasteiger charge is 2.96. The Hall–Kier alpha value is -2.85. The highest BCUT2D eigenvalue weighted by molar-refractivity contribution is 5.96. The molecule has 2 aromatic heterocycles. The smallest absolute Gasteiger partial charge is 0.421 e. The zero-order valence-corrected chi connectivity index (χ0v) is 15.3. The predicted molar refractivity (Wildman–Crippen MR) is 93.5 cm³/mol. The van der Waals surface area contributed by atoms with Crippen LogP contribution in [0.1, 0.15) is 37.1 Å². The molecule has 3 saturated carbocycles. The van der Waals surface area contributed by atoms with Crippen molar-refractivity contribution in [2.45, 2.75) is 43.5 Å². The molecule has 2 N–H and O–H groups in total. The van der Waals surface area contributed by atoms with Crippen LogP contribution in [0.5, 0.6) is 0 Å². The van der Waals surface area contributed by atoms with Crippen LogP contribution in [-0.2, 0) is 21.1 Å². The Kier molecular flexibility index (Phi) is 3.05. The maximum absolute atomic E-state index is 13.2. The standard InChI is InChI=1S/C18H17F3N6O2/c1-2-22-14-8(18(19,20)21)6-23-16(25-14)24-10-5-9(26-27(10)7-3-4-7)17-11-12(17)13(11)29-15(17)28/h5-7,11-13H,2-4H2,1H3,(H2,22,23,24,25)/t11-,12?,13?,17?/m1/s1. The molecule has 4 heterocycles. The summed E-state index contributed by atoms with van der Waals surface area (Å²) in [6.07, 6.45) is -1.83. The molecule has 8 nitrogen and oxygen atoms in total. The van der Waals surface area contributed by atoms with E-state index in [-0.39, 0.29) is 48.3 Å². The van der Waals surface area contributed by atoms with E-state index in [9.17, 15) is 18.0 Å². The fraction of sp³-hybridized carbons (Fsp3) is 0.556. The van der Waals surface area contributed by atoms with Gasteiger partial charge in [-0.3, -0.25) is 4.79 Å². The van der Waals surface area contributed by atoms with Gasteiger partial charge in [-0.1, -0.05) is 0 Å². The van der Waals surface area contributed by atoms with Gasteiger partial charge in [0.25, 0.3) is 0 Å². The maximum Gasteiger partial charge on any atom is 0.421 e. The van der Waals surface area contributed by atoms with Gasteiger partial charge in [0.1, 0.15) is 28.7 Å². The van der Waals surface area contributed by atoms with Gasteiger partial charge in [-0.15, -0.1) is 0 Å². The summed E-state index contributed by atoms with van der Waals surface area (Å²) in [7, 11) is 0. The third kappa shape index (κ3) is 2.21. The summed E-state index contributed by atoms with van der Waals surface area (Å²) in [6, 6.07) is 1.98. The van der Waals surface area contributed by atoms with Crippen molar-refractivity contribution in [2.24, 2.45) is 11.8 Å². The normalized spacial score (nSPS) is 31.3. The van der Waals surface area contributed by atoms with E-state index >= 15 is 0 Å². The van der Waals surface area contributed by atoms with E-state index in [2.05, 4.69) is 25.7 Å². The van der Waals surface area contributed by atoms with Crippen LogP contribution >= 0.6 is 0 Å². The minimum absolute atomic E-state index is 0.0348. The zero-order valence-electron chi connectivity index (χ0n) is 15.3. The molecular weight excluding hydrogens is 389 g/mol. The fourth-order valence-corrected chi connectivity index (χ4v) is 4.56. The molecule has 5 fully saturated rings. The number of aromatic nitrogens is 4. The van der Waals surface area contributed by atoms with Crippen molar-refractivity contribution in [3.8, 4) is 0 Å². The number of rotatable bonds is 6. The molecule has 7 rings (SSSR count). The molecule has 2 saturated heterocycles. The SMILES string of the molecule is CCNc1nc(Nc2cc(C34C(=O)OC5C3[C@H]54)nn2C2CC2)ncc1C(F)(F)F. The number of nitrogens with zero attached hydrogens (tertiary/aromatic N) is 4. The molecule has 0 aromatic carbocycles. The van der Waals surface area contributed by atoms with Gasteiger partial charge in [0.05, 0.1) is 11.7 Å². The summed E-state index contributed by atoms with van der Waals surface area (Å²) in [4.78, 5) is 20.1. The second-order valence-electron chi connectivity index (χ2n) is 7.99. The number of alkyl halides is 3. The molecule has 0 amide bonds. The second-order valence-corrected chi connectivity index (χ2v) is 7.99. The first kappa shape index (κ1) is 17.0. The van der Waals surface area contributed by atoms with Crippen molar-refractivity contribution >= 4 is 23.6 Å². The first-order valence-electron chi connectivity index (χ1n) is 9.62. The number of carbonyl (C=O) groups excluding carboxylic acids is 1. The quantitative estimate of drug-likeness (QED) is 0.713. The summed E-state index contributed by atoms with van der Waals surface area (Å²) in [5.74, 6) is 0.569. The largest absolute Gasteiger partial charge is 0.461 e. The van der Waals surface area contributed by atoms with Crippen LogP contribution in [0.15, 0.2) is 12.3 Å². The number of anilines is 3. The van der Waals surface area contributed by atoms with Gasteiger partial charge in [0, 0.05) is 30.6 Å². The molecule has 2 aliphatic heterocycles. The Balaban J connectivity index is 1.34. The summed E-state index contributed by atoms with van der Waals surface area (Å²) in [6.45, 7) is 1.98. The molecule has 2 bridgehead atoms. The number of carbonyl (C=O) groups is 1. The number of nitrogens with one attached hydrogen (secondary N) is 2. The molecule has 0 radical (unpaired) electrons. The van der Waals surface area contributed by atoms with E-state index in [1.807, 2.05) is 0 Å². The van der Waals surface area contributed by atoms with Crippen LogP contribution in [0.4, 0.5) is 30.8 Å². The molecule has 11 heteroatoms. The molecule has 5 aliphatic rings. The highest BCUT2D eigenvalue weighted by atomic mass is 19.4. The van der Waals surface area contributed by atoms with Gasteiger partial charge < -0.3 is 15.4 Å². The van der Waals surface area contributed by atoms with Gasteiger partial charge in [-0.2, -0.15) is 23.3 Å². The number of ether oxygens (including phenoxy) is 1. The number of halogens is 3. The van der Waals surface area contributed by atoms with E-state index < -0.39 is 17.2 Å². The number of hydrogen-bond donors (Lipinski definition) is 2. The van der Waals surface area contributed by atoms with E-state index in [4.69, 9.17) is 4.74 Å². The van der Waals surface area contributed by atoms with Gasteiger partial charge in [-0.05, 0) is 19.8 Å². The molecule has 4 atom stereocenters. The lowest BCUT2D eigenvalue weighted by Gasteiger charge is -2.14. The van der Waals surface area contributed by atoms with E-state index in [0.717, 1.165) is 19.0 Å². The number of fused-ring (bicyclic) bond motifs is 1. The third-order valence-corrected chi connectivity index (χ3v) is 6.21. The van der Waals surface area contributed by atoms with Crippen LogP contribution in [0.3, 0.4) is 0 Å². The molecular formula is C18H17F3N6O2. The maximum atomic E-state index is 13.2. The number of hydrogen-bond acceptors (Lipinski definition) is 7. The van der Waals surface area contributed by atoms with Gasteiger partial charge >= 0.3 is 12.1 Å². The summed E-state index contributed by atoms with van der Waals surface area (Å²) >= 11 is 0. The Morgan fingerprint density at radius 2 is 2.10 bits per heavy atom. The van der Waals surface area contributed by atoms with Crippen LogP contribution in [-0.4, -0.2) is 38.4 Å². The minimum Gasteiger partial charge on any atom is -0.461 e. The lowest BCUT2D eigenvalue weighted by atomic mass is 9.92. The first-order valence-corrected chi connectivity index (χ1v) is 9.62. The van der Waals surface area contributed by atoms with E-state index in [1.165, 1.54) is 0 Å². The van der Waals surface area contributed by atoms with Crippen molar-refractivity contribution in [2.75, 3.05) is 17.2 Å². The average Bonchev–Trinajstić information content (AvgIpc) is 3.59. The van der Waals surface area contributed by atoms with Crippen molar-refractivity contribution in [3.63, 3.8) is 0 Å². The summed E-state index contributed by atoms with van der Waals surface area (Å²) < 4.78 is 46.6. The van der Waals surface area contributed by atoms with Crippen molar-refractivity contribution in [1.82, 2.24) is 19.7 Å². The third-order valence-electron chi connectivity index (χ3n) is 6.21. The van der Waals surface area contributed by atoms with Crippen molar-refractivity contribution < 1.29 is 22.7 Å². The van der Waals surface area contributed by atoms with Crippen LogP contribution in [0.2, 0.25) is 0 Å². The Morgan fingerprint density at radius 1 is 1.34 bits per heavy atom. The molecule has 3 aliphatic carbocycles. The molecule has 152 valence electrons. The Bertz CT molecular complexity index is 1040. The highest BCUT2D eigenvalue weighted by Crippen LogP contribution is 2.83. The van der Waals surface area contributed by atoms with Crippen molar-refractivity contribution in [1.29, 1.82) is 0 Å². The van der Waals surface area contributed by atoms with Crippen LogP contribution < -0.4 is 10.6 Å². The fourth-order valence-electron chi connectivity index (χ4n) is 4.56. The molecule has 3 unspecified atom stereocenters. The van der Waals surface area contributed by atoms with Gasteiger partial charge in [-0.25, -0.2) is 9.67 Å². The Labute approximate surface area is 162 Å². The zero-order chi connectivity index (χ0) is 20.1. The van der Waals surface area contributed by atoms with Crippen molar-refractivity contribution in [3.05, 3.63) is 23.5 Å². The van der Waals surface area contributed by atoms with Crippen LogP contribution in [0.25, 0.3) is 0 Å². The topological polar surface area (TPSA) is 94.0 Å². The average molecular weight is 406 g/mol.